The summed E-state index contributed by atoms with van der Waals surface area (Å²) in [4.78, 5) is 16.9. The third-order valence-corrected chi connectivity index (χ3v) is 3.97. The van der Waals surface area contributed by atoms with Crippen LogP contribution in [0.4, 0.5) is 11.4 Å². The minimum atomic E-state index is -0.595. The molecule has 3 N–H and O–H groups in total. The Kier molecular flexibility index (Phi) is 4.34. The lowest BCUT2D eigenvalue weighted by molar-refractivity contribution is -0.121. The van der Waals surface area contributed by atoms with E-state index in [1.807, 2.05) is 42.5 Å². The van der Waals surface area contributed by atoms with Crippen molar-refractivity contribution >= 4 is 17.3 Å². The number of nitrogens with one attached hydrogen (secondary N) is 3. The Bertz CT molecular complexity index is 609. The highest BCUT2D eigenvalue weighted by Crippen LogP contribution is 2.26. The lowest BCUT2D eigenvalue weighted by Gasteiger charge is -2.37. The van der Waals surface area contributed by atoms with Gasteiger partial charge >= 0.3 is 0 Å². The first kappa shape index (κ1) is 14.5. The van der Waals surface area contributed by atoms with Crippen molar-refractivity contribution in [2.24, 2.45) is 0 Å². The van der Waals surface area contributed by atoms with E-state index in [0.29, 0.717) is 0 Å². The standard InChI is InChI=1S/C17H20N4O/c22-16(20-15-7-4-10-19-13-15)17(8-11-18-12-9-17)21-14-5-2-1-3-6-14/h1-7,10,13,18,21H,8-9,11-12H2,(H,20,22). The number of carbonyl (C=O) groups excluding carboxylic acids is 1. The number of benzene rings is 1. The van der Waals surface area contributed by atoms with E-state index in [1.165, 1.54) is 0 Å². The van der Waals surface area contributed by atoms with Gasteiger partial charge in [-0.1, -0.05) is 18.2 Å². The van der Waals surface area contributed by atoms with Crippen molar-refractivity contribution in [1.29, 1.82) is 0 Å². The SMILES string of the molecule is O=C(Nc1cccnc1)C1(Nc2ccccc2)CCNCC1. The quantitative estimate of drug-likeness (QED) is 0.809. The van der Waals surface area contributed by atoms with Crippen LogP contribution in [0.25, 0.3) is 0 Å². The van der Waals surface area contributed by atoms with Crippen LogP contribution in [0.2, 0.25) is 0 Å². The minimum Gasteiger partial charge on any atom is -0.371 e. The number of carbonyl (C=O) groups is 1. The highest BCUT2D eigenvalue weighted by molar-refractivity contribution is 6.00. The predicted molar refractivity (Wildman–Crippen MR) is 87.8 cm³/mol. The molecule has 1 aromatic heterocycles. The molecule has 2 aromatic rings. The van der Waals surface area contributed by atoms with Gasteiger partial charge in [0.25, 0.3) is 0 Å². The first-order chi connectivity index (χ1) is 10.8. The van der Waals surface area contributed by atoms with Gasteiger partial charge in [-0.15, -0.1) is 0 Å². The third kappa shape index (κ3) is 3.26. The average molecular weight is 296 g/mol. The van der Waals surface area contributed by atoms with Gasteiger partial charge in [-0.25, -0.2) is 0 Å². The van der Waals surface area contributed by atoms with Gasteiger partial charge in [-0.2, -0.15) is 0 Å². The van der Waals surface area contributed by atoms with Crippen LogP contribution in [-0.2, 0) is 4.79 Å². The molecule has 1 amide bonds. The Morgan fingerprint density at radius 2 is 1.77 bits per heavy atom. The molecule has 2 heterocycles. The van der Waals surface area contributed by atoms with Crippen molar-refractivity contribution in [1.82, 2.24) is 10.3 Å². The number of amides is 1. The summed E-state index contributed by atoms with van der Waals surface area (Å²) in [6, 6.07) is 13.5. The van der Waals surface area contributed by atoms with Gasteiger partial charge in [0.15, 0.2) is 0 Å². The Labute approximate surface area is 130 Å². The molecule has 0 unspecified atom stereocenters. The van der Waals surface area contributed by atoms with E-state index < -0.39 is 5.54 Å². The zero-order chi connectivity index (χ0) is 15.3. The Balaban J connectivity index is 1.80. The van der Waals surface area contributed by atoms with Gasteiger partial charge in [-0.05, 0) is 50.2 Å². The molecule has 1 aromatic carbocycles. The van der Waals surface area contributed by atoms with Crippen LogP contribution < -0.4 is 16.0 Å². The van der Waals surface area contributed by atoms with Gasteiger partial charge in [0.05, 0.1) is 11.9 Å². The Hall–Kier alpha value is -2.40. The molecule has 1 aliphatic heterocycles. The molecular formula is C17H20N4O. The molecule has 22 heavy (non-hydrogen) atoms. The Morgan fingerprint density at radius 1 is 1.05 bits per heavy atom. The summed E-state index contributed by atoms with van der Waals surface area (Å²) in [6.45, 7) is 1.64. The molecule has 0 bridgehead atoms. The van der Waals surface area contributed by atoms with E-state index in [4.69, 9.17) is 0 Å². The van der Waals surface area contributed by atoms with Crippen LogP contribution in [0, 0.1) is 0 Å². The maximum atomic E-state index is 12.9. The maximum Gasteiger partial charge on any atom is 0.250 e. The van der Waals surface area contributed by atoms with E-state index in [1.54, 1.807) is 12.4 Å². The predicted octanol–water partition coefficient (Wildman–Crippen LogP) is 2.25. The van der Waals surface area contributed by atoms with Crippen molar-refractivity contribution in [3.05, 3.63) is 54.9 Å². The summed E-state index contributed by atoms with van der Waals surface area (Å²) in [5, 5.41) is 9.73. The number of aromatic nitrogens is 1. The lowest BCUT2D eigenvalue weighted by atomic mass is 9.86. The summed E-state index contributed by atoms with van der Waals surface area (Å²) >= 11 is 0. The van der Waals surface area contributed by atoms with Gasteiger partial charge in [0.1, 0.15) is 5.54 Å². The molecule has 0 saturated carbocycles. The highest BCUT2D eigenvalue weighted by Gasteiger charge is 2.39. The van der Waals surface area contributed by atoms with E-state index in [9.17, 15) is 4.79 Å². The first-order valence-corrected chi connectivity index (χ1v) is 7.54. The summed E-state index contributed by atoms with van der Waals surface area (Å²) in [5.74, 6) is -0.00847. The summed E-state index contributed by atoms with van der Waals surface area (Å²) in [6.07, 6.45) is 4.84. The van der Waals surface area contributed by atoms with Crippen molar-refractivity contribution < 1.29 is 4.79 Å². The molecule has 1 fully saturated rings. The van der Waals surface area contributed by atoms with Crippen LogP contribution in [0.1, 0.15) is 12.8 Å². The number of rotatable bonds is 4. The van der Waals surface area contributed by atoms with Gasteiger partial charge in [0, 0.05) is 11.9 Å². The largest absolute Gasteiger partial charge is 0.371 e. The van der Waals surface area contributed by atoms with E-state index in [0.717, 1.165) is 37.3 Å². The van der Waals surface area contributed by atoms with Crippen LogP contribution in [0.5, 0.6) is 0 Å². The van der Waals surface area contributed by atoms with E-state index in [2.05, 4.69) is 20.9 Å². The fraction of sp³-hybridized carbons (Fsp3) is 0.294. The number of nitrogens with zero attached hydrogens (tertiary/aromatic N) is 1. The number of hydrogen-bond acceptors (Lipinski definition) is 4. The summed E-state index contributed by atoms with van der Waals surface area (Å²) < 4.78 is 0. The molecule has 0 spiro atoms. The first-order valence-electron chi connectivity index (χ1n) is 7.54. The second-order valence-corrected chi connectivity index (χ2v) is 5.52. The van der Waals surface area contributed by atoms with Crippen molar-refractivity contribution in [3.63, 3.8) is 0 Å². The molecule has 0 atom stereocenters. The second kappa shape index (κ2) is 6.58. The zero-order valence-corrected chi connectivity index (χ0v) is 12.4. The second-order valence-electron chi connectivity index (χ2n) is 5.52. The smallest absolute Gasteiger partial charge is 0.250 e. The number of pyridine rings is 1. The zero-order valence-electron chi connectivity index (χ0n) is 12.4. The number of piperidine rings is 1. The topological polar surface area (TPSA) is 66.0 Å². The van der Waals surface area contributed by atoms with Crippen molar-refractivity contribution in [2.45, 2.75) is 18.4 Å². The van der Waals surface area contributed by atoms with E-state index >= 15 is 0 Å². The fourth-order valence-corrected chi connectivity index (χ4v) is 2.75. The van der Waals surface area contributed by atoms with Crippen LogP contribution in [0.15, 0.2) is 54.9 Å². The average Bonchev–Trinajstić information content (AvgIpc) is 2.57. The monoisotopic (exact) mass is 296 g/mol. The third-order valence-electron chi connectivity index (χ3n) is 3.97. The van der Waals surface area contributed by atoms with Crippen LogP contribution in [-0.4, -0.2) is 29.5 Å². The fourth-order valence-electron chi connectivity index (χ4n) is 2.75. The van der Waals surface area contributed by atoms with Gasteiger partial charge in [0.2, 0.25) is 5.91 Å². The number of para-hydroxylation sites is 1. The van der Waals surface area contributed by atoms with Crippen molar-refractivity contribution in [2.75, 3.05) is 23.7 Å². The molecule has 1 aliphatic rings. The normalized spacial score (nSPS) is 16.7. The molecule has 114 valence electrons. The number of hydrogen-bond donors (Lipinski definition) is 3. The Morgan fingerprint density at radius 3 is 2.45 bits per heavy atom. The van der Waals surface area contributed by atoms with Gasteiger partial charge < -0.3 is 16.0 Å². The summed E-state index contributed by atoms with van der Waals surface area (Å²) in [7, 11) is 0. The van der Waals surface area contributed by atoms with Crippen LogP contribution >= 0.6 is 0 Å². The number of anilines is 2. The molecule has 5 heteroatoms. The molecule has 3 rings (SSSR count). The molecular weight excluding hydrogens is 276 g/mol. The molecule has 0 aliphatic carbocycles. The van der Waals surface area contributed by atoms with Crippen LogP contribution in [0.3, 0.4) is 0 Å². The minimum absolute atomic E-state index is 0.00847. The summed E-state index contributed by atoms with van der Waals surface area (Å²) in [5.41, 5.74) is 1.09. The molecule has 1 saturated heterocycles. The van der Waals surface area contributed by atoms with E-state index in [-0.39, 0.29) is 5.91 Å². The van der Waals surface area contributed by atoms with Gasteiger partial charge in [-0.3, -0.25) is 9.78 Å². The van der Waals surface area contributed by atoms with Crippen molar-refractivity contribution in [3.8, 4) is 0 Å². The maximum absolute atomic E-state index is 12.9. The molecule has 0 radical (unpaired) electrons. The lowest BCUT2D eigenvalue weighted by Crippen LogP contribution is -2.55. The highest BCUT2D eigenvalue weighted by atomic mass is 16.2. The molecule has 5 nitrogen and oxygen atoms in total.